The Morgan fingerprint density at radius 1 is 1.53 bits per heavy atom. The van der Waals surface area contributed by atoms with Crippen molar-refractivity contribution in [2.45, 2.75) is 32.7 Å². The lowest BCUT2D eigenvalue weighted by molar-refractivity contribution is 0.174. The Balaban J connectivity index is 2.34. The number of sulfonamides is 1. The van der Waals surface area contributed by atoms with Gasteiger partial charge in [0.1, 0.15) is 0 Å². The van der Waals surface area contributed by atoms with Crippen LogP contribution >= 0.6 is 0 Å². The van der Waals surface area contributed by atoms with Crippen molar-refractivity contribution < 1.29 is 8.42 Å². The number of rotatable bonds is 4. The fraction of sp³-hybridized carbons (Fsp3) is 1.00. The van der Waals surface area contributed by atoms with E-state index in [9.17, 15) is 8.42 Å². The van der Waals surface area contributed by atoms with Gasteiger partial charge in [-0.15, -0.1) is 0 Å². The summed E-state index contributed by atoms with van der Waals surface area (Å²) in [4.78, 5) is 2.34. The molecule has 1 fully saturated rings. The fourth-order valence-electron chi connectivity index (χ4n) is 2.24. The SMILES string of the molecule is CC1CCCN(CC(C)NS(C)(=O)=O)C1. The topological polar surface area (TPSA) is 49.4 Å². The van der Waals surface area contributed by atoms with Gasteiger partial charge < -0.3 is 4.90 Å². The Bertz CT molecular complexity index is 290. The zero-order valence-electron chi connectivity index (χ0n) is 9.86. The van der Waals surface area contributed by atoms with Crippen LogP contribution in [0.1, 0.15) is 26.7 Å². The van der Waals surface area contributed by atoms with Gasteiger partial charge in [0.05, 0.1) is 6.26 Å². The maximum Gasteiger partial charge on any atom is 0.208 e. The highest BCUT2D eigenvalue weighted by Crippen LogP contribution is 2.15. The fourth-order valence-corrected chi connectivity index (χ4v) is 3.05. The summed E-state index contributed by atoms with van der Waals surface area (Å²) >= 11 is 0. The van der Waals surface area contributed by atoms with Crippen molar-refractivity contribution in [2.75, 3.05) is 25.9 Å². The van der Waals surface area contributed by atoms with E-state index in [0.717, 1.165) is 25.6 Å². The van der Waals surface area contributed by atoms with Crippen LogP contribution in [0.4, 0.5) is 0 Å². The first-order chi connectivity index (χ1) is 6.87. The Labute approximate surface area is 93.1 Å². The third-order valence-electron chi connectivity index (χ3n) is 2.69. The van der Waals surface area contributed by atoms with Crippen molar-refractivity contribution in [3.63, 3.8) is 0 Å². The second-order valence-corrected chi connectivity index (χ2v) is 6.58. The van der Waals surface area contributed by atoms with Gasteiger partial charge in [0, 0.05) is 19.1 Å². The monoisotopic (exact) mass is 234 g/mol. The molecule has 0 saturated carbocycles. The summed E-state index contributed by atoms with van der Waals surface area (Å²) in [6.07, 6.45) is 3.74. The highest BCUT2D eigenvalue weighted by molar-refractivity contribution is 7.88. The molecular weight excluding hydrogens is 212 g/mol. The average molecular weight is 234 g/mol. The Kier molecular flexibility index (Phi) is 4.55. The smallest absolute Gasteiger partial charge is 0.208 e. The molecule has 0 aliphatic carbocycles. The quantitative estimate of drug-likeness (QED) is 0.777. The zero-order valence-corrected chi connectivity index (χ0v) is 10.7. The van der Waals surface area contributed by atoms with Gasteiger partial charge in [0.2, 0.25) is 10.0 Å². The van der Waals surface area contributed by atoms with Gasteiger partial charge in [-0.1, -0.05) is 6.92 Å². The Morgan fingerprint density at radius 3 is 2.73 bits per heavy atom. The number of piperidine rings is 1. The number of likely N-dealkylation sites (tertiary alicyclic amines) is 1. The molecule has 1 N–H and O–H groups in total. The van der Waals surface area contributed by atoms with Crippen molar-refractivity contribution in [1.82, 2.24) is 9.62 Å². The third-order valence-corrected chi connectivity index (χ3v) is 3.52. The molecule has 1 aliphatic heterocycles. The van der Waals surface area contributed by atoms with E-state index in [1.165, 1.54) is 19.1 Å². The predicted octanol–water partition coefficient (Wildman–Crippen LogP) is 0.656. The lowest BCUT2D eigenvalue weighted by Crippen LogP contribution is -2.44. The molecule has 1 rings (SSSR count). The van der Waals surface area contributed by atoms with Crippen LogP contribution in [-0.2, 0) is 10.0 Å². The molecule has 1 saturated heterocycles. The number of nitrogens with one attached hydrogen (secondary N) is 1. The first kappa shape index (κ1) is 12.9. The van der Waals surface area contributed by atoms with Gasteiger partial charge in [-0.05, 0) is 32.2 Å². The molecule has 4 nitrogen and oxygen atoms in total. The molecule has 1 heterocycles. The largest absolute Gasteiger partial charge is 0.301 e. The third kappa shape index (κ3) is 5.49. The highest BCUT2D eigenvalue weighted by Gasteiger charge is 2.19. The molecule has 0 bridgehead atoms. The van der Waals surface area contributed by atoms with E-state index in [0.29, 0.717) is 0 Å². The standard InChI is InChI=1S/C10H22N2O2S/c1-9-5-4-6-12(7-9)8-10(2)11-15(3,13)14/h9-11H,4-8H2,1-3H3. The molecule has 2 atom stereocenters. The van der Waals surface area contributed by atoms with E-state index in [1.54, 1.807) is 0 Å². The van der Waals surface area contributed by atoms with Crippen LogP contribution < -0.4 is 4.72 Å². The van der Waals surface area contributed by atoms with E-state index in [2.05, 4.69) is 16.5 Å². The molecule has 5 heteroatoms. The first-order valence-corrected chi connectivity index (χ1v) is 7.45. The van der Waals surface area contributed by atoms with Crippen LogP contribution in [0.2, 0.25) is 0 Å². The lowest BCUT2D eigenvalue weighted by atomic mass is 10.00. The molecule has 0 aromatic heterocycles. The predicted molar refractivity (Wildman–Crippen MR) is 62.3 cm³/mol. The van der Waals surface area contributed by atoms with Crippen LogP contribution in [0.25, 0.3) is 0 Å². The molecule has 1 aliphatic rings. The summed E-state index contributed by atoms with van der Waals surface area (Å²) in [7, 11) is -3.06. The Hall–Kier alpha value is -0.130. The summed E-state index contributed by atoms with van der Waals surface area (Å²) in [6.45, 7) is 7.18. The van der Waals surface area contributed by atoms with Crippen molar-refractivity contribution in [3.8, 4) is 0 Å². The molecular formula is C10H22N2O2S. The van der Waals surface area contributed by atoms with E-state index in [1.807, 2.05) is 6.92 Å². The number of hydrogen-bond acceptors (Lipinski definition) is 3. The number of nitrogens with zero attached hydrogens (tertiary/aromatic N) is 1. The minimum atomic E-state index is -3.06. The minimum absolute atomic E-state index is 0.00491. The van der Waals surface area contributed by atoms with E-state index < -0.39 is 10.0 Å². The van der Waals surface area contributed by atoms with Gasteiger partial charge in [0.15, 0.2) is 0 Å². The molecule has 0 spiro atoms. The van der Waals surface area contributed by atoms with Gasteiger partial charge in [-0.3, -0.25) is 0 Å². The van der Waals surface area contributed by atoms with Crippen LogP contribution in [0.5, 0.6) is 0 Å². The first-order valence-electron chi connectivity index (χ1n) is 5.56. The van der Waals surface area contributed by atoms with E-state index >= 15 is 0 Å². The van der Waals surface area contributed by atoms with E-state index in [4.69, 9.17) is 0 Å². The molecule has 90 valence electrons. The van der Waals surface area contributed by atoms with Gasteiger partial charge in [-0.2, -0.15) is 0 Å². The van der Waals surface area contributed by atoms with Crippen LogP contribution in [-0.4, -0.2) is 45.2 Å². The summed E-state index contributed by atoms with van der Waals surface area (Å²) in [6, 6.07) is 0.00491. The highest BCUT2D eigenvalue weighted by atomic mass is 32.2. The van der Waals surface area contributed by atoms with Crippen LogP contribution in [0.15, 0.2) is 0 Å². The van der Waals surface area contributed by atoms with Gasteiger partial charge >= 0.3 is 0 Å². The van der Waals surface area contributed by atoms with Crippen molar-refractivity contribution >= 4 is 10.0 Å². The second kappa shape index (κ2) is 5.27. The molecule has 0 aromatic carbocycles. The molecule has 0 radical (unpaired) electrons. The van der Waals surface area contributed by atoms with Crippen LogP contribution in [0, 0.1) is 5.92 Å². The molecule has 0 amide bonds. The van der Waals surface area contributed by atoms with Crippen molar-refractivity contribution in [3.05, 3.63) is 0 Å². The second-order valence-electron chi connectivity index (χ2n) is 4.80. The molecule has 0 aromatic rings. The number of hydrogen-bond donors (Lipinski definition) is 1. The Morgan fingerprint density at radius 2 is 2.20 bits per heavy atom. The van der Waals surface area contributed by atoms with Crippen molar-refractivity contribution in [1.29, 1.82) is 0 Å². The summed E-state index contributed by atoms with van der Waals surface area (Å²) in [5.74, 6) is 0.740. The van der Waals surface area contributed by atoms with Crippen molar-refractivity contribution in [2.24, 2.45) is 5.92 Å². The molecule has 2 unspecified atom stereocenters. The summed E-state index contributed by atoms with van der Waals surface area (Å²) < 4.78 is 24.6. The summed E-state index contributed by atoms with van der Waals surface area (Å²) in [5, 5.41) is 0. The maximum atomic E-state index is 11.0. The average Bonchev–Trinajstić information content (AvgIpc) is 1.99. The lowest BCUT2D eigenvalue weighted by Gasteiger charge is -2.32. The molecule has 15 heavy (non-hydrogen) atoms. The normalized spacial score (nSPS) is 26.5. The minimum Gasteiger partial charge on any atom is -0.301 e. The van der Waals surface area contributed by atoms with Gasteiger partial charge in [-0.25, -0.2) is 13.1 Å². The summed E-state index contributed by atoms with van der Waals surface area (Å²) in [5.41, 5.74) is 0. The van der Waals surface area contributed by atoms with Gasteiger partial charge in [0.25, 0.3) is 0 Å². The zero-order chi connectivity index (χ0) is 11.5. The van der Waals surface area contributed by atoms with E-state index in [-0.39, 0.29) is 6.04 Å². The maximum absolute atomic E-state index is 11.0. The van der Waals surface area contributed by atoms with Crippen LogP contribution in [0.3, 0.4) is 0 Å².